The summed E-state index contributed by atoms with van der Waals surface area (Å²) in [5.41, 5.74) is 2.47. The number of para-hydroxylation sites is 1. The second kappa shape index (κ2) is 6.78. The first kappa shape index (κ1) is 12.4. The lowest BCUT2D eigenvalue weighted by Gasteiger charge is -2.11. The molecule has 1 rings (SSSR count). The topological polar surface area (TPSA) is 9.23 Å². The largest absolute Gasteiger partial charge is 0.493 e. The highest BCUT2D eigenvalue weighted by molar-refractivity contribution is 7.99. The number of hydrogen-bond acceptors (Lipinski definition) is 2. The van der Waals surface area contributed by atoms with Crippen molar-refractivity contribution in [2.45, 2.75) is 27.2 Å². The van der Waals surface area contributed by atoms with Gasteiger partial charge in [-0.1, -0.05) is 25.1 Å². The highest BCUT2D eigenvalue weighted by Gasteiger charge is 2.01. The van der Waals surface area contributed by atoms with Gasteiger partial charge in [-0.2, -0.15) is 11.8 Å². The molecule has 0 unspecified atom stereocenters. The average Bonchev–Trinajstić information content (AvgIpc) is 2.21. The second-order valence-electron chi connectivity index (χ2n) is 3.62. The predicted molar refractivity (Wildman–Crippen MR) is 69.0 cm³/mol. The zero-order valence-corrected chi connectivity index (χ0v) is 10.7. The molecule has 0 heterocycles. The Kier molecular flexibility index (Phi) is 5.62. The molecular weight excluding hydrogens is 204 g/mol. The Morgan fingerprint density at radius 1 is 1.20 bits per heavy atom. The van der Waals surface area contributed by atoms with Crippen molar-refractivity contribution < 1.29 is 4.74 Å². The number of hydrogen-bond donors (Lipinski definition) is 0. The molecule has 15 heavy (non-hydrogen) atoms. The molecule has 0 saturated carbocycles. The molecule has 0 aromatic heterocycles. The van der Waals surface area contributed by atoms with Gasteiger partial charge in [-0.25, -0.2) is 0 Å². The third-order valence-electron chi connectivity index (χ3n) is 2.29. The Balaban J connectivity index is 2.37. The summed E-state index contributed by atoms with van der Waals surface area (Å²) in [6, 6.07) is 6.27. The number of aryl methyl sites for hydroxylation is 2. The summed E-state index contributed by atoms with van der Waals surface area (Å²) in [7, 11) is 0. The maximum absolute atomic E-state index is 5.80. The van der Waals surface area contributed by atoms with Crippen LogP contribution in [0.2, 0.25) is 0 Å². The maximum Gasteiger partial charge on any atom is 0.125 e. The van der Waals surface area contributed by atoms with Crippen LogP contribution in [-0.2, 0) is 0 Å². The van der Waals surface area contributed by atoms with Gasteiger partial charge in [0.25, 0.3) is 0 Å². The molecule has 1 nitrogen and oxygen atoms in total. The molecule has 0 amide bonds. The fourth-order valence-electron chi connectivity index (χ4n) is 1.51. The first-order chi connectivity index (χ1) is 7.25. The smallest absolute Gasteiger partial charge is 0.125 e. The zero-order valence-electron chi connectivity index (χ0n) is 9.88. The highest BCUT2D eigenvalue weighted by atomic mass is 32.2. The molecular formula is C13H20OS. The van der Waals surface area contributed by atoms with Gasteiger partial charge in [0.05, 0.1) is 6.61 Å². The highest BCUT2D eigenvalue weighted by Crippen LogP contribution is 2.22. The summed E-state index contributed by atoms with van der Waals surface area (Å²) in [5, 5.41) is 0. The van der Waals surface area contributed by atoms with Crippen LogP contribution in [0.5, 0.6) is 5.75 Å². The molecule has 0 radical (unpaired) electrons. The fourth-order valence-corrected chi connectivity index (χ4v) is 2.12. The Morgan fingerprint density at radius 2 is 1.87 bits per heavy atom. The molecule has 0 spiro atoms. The summed E-state index contributed by atoms with van der Waals surface area (Å²) in [6.45, 7) is 7.22. The van der Waals surface area contributed by atoms with E-state index in [2.05, 4.69) is 39.0 Å². The molecule has 84 valence electrons. The first-order valence-electron chi connectivity index (χ1n) is 5.52. The summed E-state index contributed by atoms with van der Waals surface area (Å²) < 4.78 is 5.80. The van der Waals surface area contributed by atoms with Crippen molar-refractivity contribution >= 4 is 11.8 Å². The van der Waals surface area contributed by atoms with E-state index in [1.54, 1.807) is 0 Å². The standard InChI is InChI=1S/C13H20OS/c1-4-15-10-6-9-14-13-11(2)7-5-8-12(13)3/h5,7-8H,4,6,9-10H2,1-3H3. The molecule has 1 aromatic rings. The SMILES string of the molecule is CCSCCCOc1c(C)cccc1C. The Morgan fingerprint density at radius 3 is 2.47 bits per heavy atom. The van der Waals surface area contributed by atoms with Gasteiger partial charge in [-0.3, -0.25) is 0 Å². The minimum absolute atomic E-state index is 0.832. The number of rotatable bonds is 6. The lowest BCUT2D eigenvalue weighted by atomic mass is 10.1. The first-order valence-corrected chi connectivity index (χ1v) is 6.68. The van der Waals surface area contributed by atoms with Crippen molar-refractivity contribution in [3.8, 4) is 5.75 Å². The lowest BCUT2D eigenvalue weighted by molar-refractivity contribution is 0.314. The molecule has 0 saturated heterocycles. The van der Waals surface area contributed by atoms with E-state index < -0.39 is 0 Å². The van der Waals surface area contributed by atoms with Crippen molar-refractivity contribution in [3.63, 3.8) is 0 Å². The molecule has 0 aliphatic heterocycles. The molecule has 1 aromatic carbocycles. The molecule has 0 aliphatic carbocycles. The zero-order chi connectivity index (χ0) is 11.1. The van der Waals surface area contributed by atoms with Crippen LogP contribution >= 0.6 is 11.8 Å². The minimum Gasteiger partial charge on any atom is -0.493 e. The van der Waals surface area contributed by atoms with E-state index in [1.807, 2.05) is 11.8 Å². The van der Waals surface area contributed by atoms with E-state index in [-0.39, 0.29) is 0 Å². The van der Waals surface area contributed by atoms with Gasteiger partial charge >= 0.3 is 0 Å². The van der Waals surface area contributed by atoms with Gasteiger partial charge in [-0.05, 0) is 42.9 Å². The van der Waals surface area contributed by atoms with Crippen LogP contribution in [0.1, 0.15) is 24.5 Å². The van der Waals surface area contributed by atoms with Gasteiger partial charge < -0.3 is 4.74 Å². The minimum atomic E-state index is 0.832. The third-order valence-corrected chi connectivity index (χ3v) is 3.28. The summed E-state index contributed by atoms with van der Waals surface area (Å²) >= 11 is 1.97. The van der Waals surface area contributed by atoms with E-state index in [4.69, 9.17) is 4.74 Å². The number of thioether (sulfide) groups is 1. The summed E-state index contributed by atoms with van der Waals surface area (Å²) in [6.07, 6.45) is 1.13. The fraction of sp³-hybridized carbons (Fsp3) is 0.538. The van der Waals surface area contributed by atoms with Crippen LogP contribution < -0.4 is 4.74 Å². The van der Waals surface area contributed by atoms with E-state index >= 15 is 0 Å². The van der Waals surface area contributed by atoms with Crippen LogP contribution in [0.15, 0.2) is 18.2 Å². The van der Waals surface area contributed by atoms with E-state index in [9.17, 15) is 0 Å². The molecule has 0 N–H and O–H groups in total. The summed E-state index contributed by atoms with van der Waals surface area (Å²) in [4.78, 5) is 0. The average molecular weight is 224 g/mol. The van der Waals surface area contributed by atoms with Crippen molar-refractivity contribution in [2.75, 3.05) is 18.1 Å². The van der Waals surface area contributed by atoms with Gasteiger partial charge in [0.15, 0.2) is 0 Å². The van der Waals surface area contributed by atoms with Gasteiger partial charge in [-0.15, -0.1) is 0 Å². The molecule has 0 atom stereocenters. The van der Waals surface area contributed by atoms with E-state index in [0.717, 1.165) is 18.8 Å². The van der Waals surface area contributed by atoms with Crippen molar-refractivity contribution in [3.05, 3.63) is 29.3 Å². The second-order valence-corrected chi connectivity index (χ2v) is 5.01. The van der Waals surface area contributed by atoms with Crippen molar-refractivity contribution in [1.82, 2.24) is 0 Å². The Hall–Kier alpha value is -0.630. The summed E-state index contributed by atoms with van der Waals surface area (Å²) in [5.74, 6) is 3.46. The molecule has 0 aliphatic rings. The lowest BCUT2D eigenvalue weighted by Crippen LogP contribution is -2.01. The van der Waals surface area contributed by atoms with Crippen LogP contribution in [0, 0.1) is 13.8 Å². The normalized spacial score (nSPS) is 10.3. The van der Waals surface area contributed by atoms with E-state index in [0.29, 0.717) is 0 Å². The van der Waals surface area contributed by atoms with Crippen molar-refractivity contribution in [1.29, 1.82) is 0 Å². The van der Waals surface area contributed by atoms with Gasteiger partial charge in [0.2, 0.25) is 0 Å². The number of benzene rings is 1. The molecule has 0 fully saturated rings. The third kappa shape index (κ3) is 4.17. The van der Waals surface area contributed by atoms with Crippen LogP contribution in [-0.4, -0.2) is 18.1 Å². The number of ether oxygens (including phenoxy) is 1. The maximum atomic E-state index is 5.80. The Bertz CT molecular complexity index is 276. The monoisotopic (exact) mass is 224 g/mol. The van der Waals surface area contributed by atoms with E-state index in [1.165, 1.54) is 22.6 Å². The quantitative estimate of drug-likeness (QED) is 0.679. The molecule has 2 heteroatoms. The van der Waals surface area contributed by atoms with Gasteiger partial charge in [0.1, 0.15) is 5.75 Å². The van der Waals surface area contributed by atoms with Crippen molar-refractivity contribution in [2.24, 2.45) is 0 Å². The predicted octanol–water partition coefficient (Wildman–Crippen LogP) is 3.83. The van der Waals surface area contributed by atoms with Crippen LogP contribution in [0.3, 0.4) is 0 Å². The Labute approximate surface area is 97.2 Å². The van der Waals surface area contributed by atoms with Crippen LogP contribution in [0.25, 0.3) is 0 Å². The molecule has 0 bridgehead atoms. The van der Waals surface area contributed by atoms with Crippen LogP contribution in [0.4, 0.5) is 0 Å². The van der Waals surface area contributed by atoms with Gasteiger partial charge in [0, 0.05) is 0 Å².